The van der Waals surface area contributed by atoms with E-state index in [9.17, 15) is 4.79 Å². The molecule has 2 aliphatic heterocycles. The number of amidine groups is 1. The van der Waals surface area contributed by atoms with Crippen LogP contribution in [-0.4, -0.2) is 52.9 Å². The average Bonchev–Trinajstić information content (AvgIpc) is 2.56. The zero-order valence-electron chi connectivity index (χ0n) is 11.7. The van der Waals surface area contributed by atoms with Gasteiger partial charge in [-0.1, -0.05) is 5.92 Å². The maximum absolute atomic E-state index is 11.9. The molecule has 0 bridgehead atoms. The number of nitrogens with one attached hydrogen (secondary N) is 2. The van der Waals surface area contributed by atoms with Crippen molar-refractivity contribution in [1.82, 2.24) is 15.1 Å². The van der Waals surface area contributed by atoms with Crippen LogP contribution in [0.4, 0.5) is 4.79 Å². The Morgan fingerprint density at radius 1 is 1.47 bits per heavy atom. The number of hydrogen-bond donors (Lipinski definition) is 2. The molecular formula is C14H22N4O. The Balaban J connectivity index is 2.23. The maximum Gasteiger partial charge on any atom is 0.324 e. The Labute approximate surface area is 114 Å². The van der Waals surface area contributed by atoms with E-state index in [0.29, 0.717) is 11.9 Å². The normalized spacial score (nSPS) is 28.6. The topological polar surface area (TPSA) is 59.4 Å². The molecule has 2 rings (SSSR count). The minimum absolute atomic E-state index is 0.221. The van der Waals surface area contributed by atoms with Gasteiger partial charge in [0.25, 0.3) is 0 Å². The molecule has 0 aliphatic carbocycles. The molecule has 0 radical (unpaired) electrons. The molecule has 1 atom stereocenters. The SMILES string of the molecule is C#CCN1C(=O)NC(=N)C12CCCN(C(C)C)CC2. The Kier molecular flexibility index (Phi) is 3.81. The van der Waals surface area contributed by atoms with Crippen molar-refractivity contribution in [2.24, 2.45) is 0 Å². The molecule has 104 valence electrons. The monoisotopic (exact) mass is 262 g/mol. The van der Waals surface area contributed by atoms with Gasteiger partial charge in [0.1, 0.15) is 11.4 Å². The molecule has 0 aromatic rings. The van der Waals surface area contributed by atoms with Crippen LogP contribution < -0.4 is 5.32 Å². The number of likely N-dealkylation sites (tertiary alicyclic amines) is 1. The van der Waals surface area contributed by atoms with Crippen molar-refractivity contribution >= 4 is 11.9 Å². The van der Waals surface area contributed by atoms with Crippen LogP contribution >= 0.6 is 0 Å². The Morgan fingerprint density at radius 2 is 2.21 bits per heavy atom. The number of amides is 2. The summed E-state index contributed by atoms with van der Waals surface area (Å²) in [4.78, 5) is 16.0. The van der Waals surface area contributed by atoms with Crippen molar-refractivity contribution in [1.29, 1.82) is 5.41 Å². The van der Waals surface area contributed by atoms with Gasteiger partial charge in [0.2, 0.25) is 0 Å². The number of carbonyl (C=O) groups excluding carboxylic acids is 1. The van der Waals surface area contributed by atoms with Crippen LogP contribution in [0.1, 0.15) is 33.1 Å². The molecule has 0 aromatic carbocycles. The highest BCUT2D eigenvalue weighted by molar-refractivity contribution is 6.08. The lowest BCUT2D eigenvalue weighted by molar-refractivity contribution is 0.169. The number of urea groups is 1. The van der Waals surface area contributed by atoms with E-state index in [1.807, 2.05) is 0 Å². The van der Waals surface area contributed by atoms with Crippen molar-refractivity contribution in [3.05, 3.63) is 0 Å². The summed E-state index contributed by atoms with van der Waals surface area (Å²) in [6, 6.07) is 0.274. The summed E-state index contributed by atoms with van der Waals surface area (Å²) in [5.41, 5.74) is -0.507. The van der Waals surface area contributed by atoms with Gasteiger partial charge in [-0.2, -0.15) is 0 Å². The number of hydrogen-bond acceptors (Lipinski definition) is 3. The van der Waals surface area contributed by atoms with Gasteiger partial charge in [-0.3, -0.25) is 10.7 Å². The Bertz CT molecular complexity index is 426. The van der Waals surface area contributed by atoms with Gasteiger partial charge >= 0.3 is 6.03 Å². The summed E-state index contributed by atoms with van der Waals surface area (Å²) in [6.45, 7) is 6.55. The summed E-state index contributed by atoms with van der Waals surface area (Å²) in [5, 5.41) is 10.8. The quantitative estimate of drug-likeness (QED) is 0.736. The second kappa shape index (κ2) is 5.22. The van der Waals surface area contributed by atoms with E-state index in [-0.39, 0.29) is 12.6 Å². The lowest BCUT2D eigenvalue weighted by atomic mass is 9.88. The molecule has 1 spiro atoms. The summed E-state index contributed by atoms with van der Waals surface area (Å²) >= 11 is 0. The van der Waals surface area contributed by atoms with Crippen LogP contribution in [0, 0.1) is 17.8 Å². The van der Waals surface area contributed by atoms with E-state index in [0.717, 1.165) is 32.4 Å². The molecule has 19 heavy (non-hydrogen) atoms. The molecule has 2 aliphatic rings. The van der Waals surface area contributed by atoms with Crippen LogP contribution in [0.3, 0.4) is 0 Å². The average molecular weight is 262 g/mol. The van der Waals surface area contributed by atoms with Gasteiger partial charge in [0.05, 0.1) is 6.54 Å². The minimum atomic E-state index is -0.507. The summed E-state index contributed by atoms with van der Waals surface area (Å²) in [6.07, 6.45) is 7.95. The van der Waals surface area contributed by atoms with E-state index in [2.05, 4.69) is 30.0 Å². The predicted octanol–water partition coefficient (Wildman–Crippen LogP) is 1.26. The first-order valence-corrected chi connectivity index (χ1v) is 6.86. The largest absolute Gasteiger partial charge is 0.324 e. The summed E-state index contributed by atoms with van der Waals surface area (Å²) in [7, 11) is 0. The van der Waals surface area contributed by atoms with Gasteiger partial charge in [-0.15, -0.1) is 6.42 Å². The molecule has 2 heterocycles. The van der Waals surface area contributed by atoms with Gasteiger partial charge in [-0.25, -0.2) is 4.79 Å². The van der Waals surface area contributed by atoms with E-state index >= 15 is 0 Å². The van der Waals surface area contributed by atoms with Crippen LogP contribution in [0.5, 0.6) is 0 Å². The highest BCUT2D eigenvalue weighted by atomic mass is 16.2. The first kappa shape index (κ1) is 13.9. The third-order valence-electron chi connectivity index (χ3n) is 4.29. The molecule has 2 N–H and O–H groups in total. The minimum Gasteiger partial charge on any atom is -0.301 e. The lowest BCUT2D eigenvalue weighted by Crippen LogP contribution is -2.50. The second-order valence-electron chi connectivity index (χ2n) is 5.61. The van der Waals surface area contributed by atoms with Gasteiger partial charge in [0, 0.05) is 12.6 Å². The van der Waals surface area contributed by atoms with Crippen molar-refractivity contribution < 1.29 is 4.79 Å². The maximum atomic E-state index is 11.9. The van der Waals surface area contributed by atoms with E-state index in [1.54, 1.807) is 4.90 Å². The molecule has 5 heteroatoms. The second-order valence-corrected chi connectivity index (χ2v) is 5.61. The van der Waals surface area contributed by atoms with Gasteiger partial charge in [0.15, 0.2) is 0 Å². The zero-order chi connectivity index (χ0) is 14.0. The highest BCUT2D eigenvalue weighted by Crippen LogP contribution is 2.33. The fourth-order valence-electron chi connectivity index (χ4n) is 3.11. The fourth-order valence-corrected chi connectivity index (χ4v) is 3.11. The van der Waals surface area contributed by atoms with Crippen molar-refractivity contribution in [2.75, 3.05) is 19.6 Å². The van der Waals surface area contributed by atoms with Crippen LogP contribution in [0.25, 0.3) is 0 Å². The third-order valence-corrected chi connectivity index (χ3v) is 4.29. The van der Waals surface area contributed by atoms with E-state index in [4.69, 9.17) is 11.8 Å². The summed E-state index contributed by atoms with van der Waals surface area (Å²) in [5.74, 6) is 2.86. The molecule has 5 nitrogen and oxygen atoms in total. The summed E-state index contributed by atoms with van der Waals surface area (Å²) < 4.78 is 0. The zero-order valence-corrected chi connectivity index (χ0v) is 11.7. The molecule has 2 amide bonds. The van der Waals surface area contributed by atoms with Crippen molar-refractivity contribution in [2.45, 2.75) is 44.7 Å². The molecule has 2 saturated heterocycles. The standard InChI is InChI=1S/C14H22N4O/c1-4-8-18-13(19)16-12(15)14(18)6-5-9-17(10-7-14)11(2)3/h1,11H,5-10H2,2-3H3,(H2,15,16,19). The Hall–Kier alpha value is -1.54. The first-order chi connectivity index (χ1) is 9.01. The number of carbonyl (C=O) groups is 1. The van der Waals surface area contributed by atoms with E-state index in [1.165, 1.54) is 0 Å². The highest BCUT2D eigenvalue weighted by Gasteiger charge is 2.50. The van der Waals surface area contributed by atoms with Crippen molar-refractivity contribution in [3.8, 4) is 12.3 Å². The van der Waals surface area contributed by atoms with Gasteiger partial charge < -0.3 is 9.80 Å². The smallest absolute Gasteiger partial charge is 0.301 e. The lowest BCUT2D eigenvalue weighted by Gasteiger charge is -2.35. The number of terminal acetylenes is 1. The first-order valence-electron chi connectivity index (χ1n) is 6.86. The predicted molar refractivity (Wildman–Crippen MR) is 75.1 cm³/mol. The van der Waals surface area contributed by atoms with Crippen LogP contribution in [-0.2, 0) is 0 Å². The number of rotatable bonds is 2. The molecule has 0 aromatic heterocycles. The molecule has 1 unspecified atom stereocenters. The Morgan fingerprint density at radius 3 is 2.84 bits per heavy atom. The van der Waals surface area contributed by atoms with Crippen LogP contribution in [0.2, 0.25) is 0 Å². The van der Waals surface area contributed by atoms with E-state index < -0.39 is 5.54 Å². The fraction of sp³-hybridized carbons (Fsp3) is 0.714. The van der Waals surface area contributed by atoms with Crippen molar-refractivity contribution in [3.63, 3.8) is 0 Å². The molecular weight excluding hydrogens is 240 g/mol. The van der Waals surface area contributed by atoms with Crippen LogP contribution in [0.15, 0.2) is 0 Å². The van der Waals surface area contributed by atoms with Gasteiger partial charge in [-0.05, 0) is 39.7 Å². The number of nitrogens with zero attached hydrogens (tertiary/aromatic N) is 2. The molecule has 0 saturated carbocycles. The molecule has 2 fully saturated rings. The third kappa shape index (κ3) is 2.33.